The highest BCUT2D eigenvalue weighted by Gasteiger charge is 2.26. The van der Waals surface area contributed by atoms with Crippen molar-refractivity contribution in [2.75, 3.05) is 38.3 Å². The van der Waals surface area contributed by atoms with Gasteiger partial charge in [0.15, 0.2) is 0 Å². The maximum absolute atomic E-state index is 15.4. The summed E-state index contributed by atoms with van der Waals surface area (Å²) >= 11 is 6.51. The van der Waals surface area contributed by atoms with E-state index in [0.29, 0.717) is 60.0 Å². The van der Waals surface area contributed by atoms with Crippen LogP contribution in [0.1, 0.15) is 44.2 Å². The molecule has 3 aromatic rings. The minimum Gasteiger partial charge on any atom is -0.389 e. The van der Waals surface area contributed by atoms with Crippen molar-refractivity contribution in [3.8, 4) is 11.3 Å². The molecule has 0 unspecified atom stereocenters. The van der Waals surface area contributed by atoms with E-state index in [1.807, 2.05) is 12.3 Å². The van der Waals surface area contributed by atoms with Gasteiger partial charge in [0, 0.05) is 42.9 Å². The molecular weight excluding hydrogens is 497 g/mol. The van der Waals surface area contributed by atoms with Gasteiger partial charge in [-0.25, -0.2) is 14.4 Å². The number of halogens is 2. The van der Waals surface area contributed by atoms with Crippen molar-refractivity contribution in [3.05, 3.63) is 46.5 Å². The zero-order valence-electron chi connectivity index (χ0n) is 21.4. The molecule has 37 heavy (non-hydrogen) atoms. The highest BCUT2D eigenvalue weighted by atomic mass is 35.5. The molecule has 2 saturated heterocycles. The molecule has 2 aromatic heterocycles. The van der Waals surface area contributed by atoms with Crippen molar-refractivity contribution in [1.82, 2.24) is 19.9 Å². The van der Waals surface area contributed by atoms with Gasteiger partial charge in [-0.2, -0.15) is 0 Å². The minimum atomic E-state index is -0.665. The Hall–Kier alpha value is -2.43. The van der Waals surface area contributed by atoms with Gasteiger partial charge in [-0.3, -0.25) is 9.88 Å². The zero-order valence-corrected chi connectivity index (χ0v) is 22.1. The molecule has 5 rings (SSSR count). The van der Waals surface area contributed by atoms with E-state index in [-0.39, 0.29) is 18.6 Å². The largest absolute Gasteiger partial charge is 0.389 e. The van der Waals surface area contributed by atoms with Crippen molar-refractivity contribution in [3.63, 3.8) is 0 Å². The summed E-state index contributed by atoms with van der Waals surface area (Å²) in [7, 11) is 0. The Bertz CT molecular complexity index is 1280. The quantitative estimate of drug-likeness (QED) is 0.486. The van der Waals surface area contributed by atoms with Crippen LogP contribution in [0.4, 0.5) is 10.3 Å². The fourth-order valence-corrected chi connectivity index (χ4v) is 5.38. The van der Waals surface area contributed by atoms with Crippen LogP contribution in [0.3, 0.4) is 0 Å². The number of hydrogen-bond donors (Lipinski definition) is 2. The van der Waals surface area contributed by atoms with Crippen LogP contribution in [0, 0.1) is 5.82 Å². The number of pyridine rings is 1. The van der Waals surface area contributed by atoms with Gasteiger partial charge in [0.1, 0.15) is 11.3 Å². The fraction of sp³-hybridized carbons (Fsp3) is 0.519. The summed E-state index contributed by atoms with van der Waals surface area (Å²) in [6.45, 7) is 10.2. The third kappa shape index (κ3) is 5.56. The molecule has 1 aromatic carbocycles. The lowest BCUT2D eigenvalue weighted by molar-refractivity contribution is -0.0136. The maximum Gasteiger partial charge on any atom is 0.223 e. The second-order valence-corrected chi connectivity index (χ2v) is 10.6. The van der Waals surface area contributed by atoms with Crippen LogP contribution in [0.2, 0.25) is 5.02 Å². The number of morpholine rings is 1. The van der Waals surface area contributed by atoms with Crippen LogP contribution in [0.15, 0.2) is 24.5 Å². The van der Waals surface area contributed by atoms with Crippen molar-refractivity contribution in [2.45, 2.75) is 57.8 Å². The third-order valence-corrected chi connectivity index (χ3v) is 7.44. The van der Waals surface area contributed by atoms with Crippen molar-refractivity contribution in [1.29, 1.82) is 0 Å². The average molecular weight is 530 g/mol. The van der Waals surface area contributed by atoms with E-state index in [1.54, 1.807) is 0 Å². The van der Waals surface area contributed by atoms with Crippen molar-refractivity contribution >= 4 is 28.5 Å². The highest BCUT2D eigenvalue weighted by Crippen LogP contribution is 2.35. The first-order chi connectivity index (χ1) is 17.8. The summed E-state index contributed by atoms with van der Waals surface area (Å²) in [6.07, 6.45) is 3.27. The molecule has 2 fully saturated rings. The highest BCUT2D eigenvalue weighted by molar-refractivity contribution is 6.33. The van der Waals surface area contributed by atoms with E-state index in [0.717, 1.165) is 29.6 Å². The molecule has 2 aliphatic heterocycles. The van der Waals surface area contributed by atoms with E-state index in [1.165, 1.54) is 12.3 Å². The topological polar surface area (TPSA) is 92.6 Å². The van der Waals surface area contributed by atoms with E-state index in [4.69, 9.17) is 21.1 Å². The van der Waals surface area contributed by atoms with Gasteiger partial charge >= 0.3 is 0 Å². The van der Waals surface area contributed by atoms with E-state index in [2.05, 4.69) is 45.9 Å². The minimum absolute atomic E-state index is 0.152. The van der Waals surface area contributed by atoms with Gasteiger partial charge in [0.25, 0.3) is 0 Å². The summed E-state index contributed by atoms with van der Waals surface area (Å²) in [5.41, 5.74) is 3.45. The maximum atomic E-state index is 15.4. The van der Waals surface area contributed by atoms with Crippen LogP contribution >= 0.6 is 11.6 Å². The van der Waals surface area contributed by atoms with Crippen LogP contribution in [-0.2, 0) is 16.0 Å². The van der Waals surface area contributed by atoms with E-state index in [9.17, 15) is 5.11 Å². The predicted octanol–water partition coefficient (Wildman–Crippen LogP) is 4.39. The fourth-order valence-electron chi connectivity index (χ4n) is 5.18. The number of hydrogen-bond acceptors (Lipinski definition) is 8. The Labute approximate surface area is 221 Å². The smallest absolute Gasteiger partial charge is 0.223 e. The number of rotatable bonds is 6. The first-order valence-electron chi connectivity index (χ1n) is 12.8. The normalized spacial score (nSPS) is 23.1. The Balaban J connectivity index is 1.54. The van der Waals surface area contributed by atoms with E-state index >= 15 is 4.39 Å². The second kappa shape index (κ2) is 11.1. The molecular formula is C27H33ClFN5O3. The van der Waals surface area contributed by atoms with Crippen LogP contribution < -0.4 is 5.32 Å². The predicted molar refractivity (Wildman–Crippen MR) is 141 cm³/mol. The summed E-state index contributed by atoms with van der Waals surface area (Å²) in [5, 5.41) is 14.5. The molecule has 2 N–H and O–H groups in total. The Morgan fingerprint density at radius 3 is 2.76 bits per heavy atom. The number of nitrogens with zero attached hydrogens (tertiary/aromatic N) is 4. The lowest BCUT2D eigenvalue weighted by Crippen LogP contribution is -2.43. The molecule has 10 heteroatoms. The monoisotopic (exact) mass is 529 g/mol. The molecule has 3 atom stereocenters. The number of benzene rings is 1. The van der Waals surface area contributed by atoms with E-state index < -0.39 is 11.9 Å². The van der Waals surface area contributed by atoms with Gasteiger partial charge in [-0.05, 0) is 42.5 Å². The molecule has 2 aliphatic rings. The summed E-state index contributed by atoms with van der Waals surface area (Å²) < 4.78 is 26.3. The second-order valence-electron chi connectivity index (χ2n) is 10.2. The molecule has 0 amide bonds. The van der Waals surface area contributed by atoms with Crippen LogP contribution in [0.25, 0.3) is 22.2 Å². The van der Waals surface area contributed by atoms with Crippen LogP contribution in [0.5, 0.6) is 0 Å². The molecule has 0 spiro atoms. The molecule has 198 valence electrons. The van der Waals surface area contributed by atoms with Crippen LogP contribution in [-0.4, -0.2) is 76.1 Å². The number of anilines is 1. The van der Waals surface area contributed by atoms with Gasteiger partial charge in [-0.15, -0.1) is 0 Å². The molecule has 0 bridgehead atoms. The molecule has 0 saturated carbocycles. The molecule has 0 radical (unpaired) electrons. The molecule has 4 heterocycles. The SMILES string of the molecule is CC(C)c1c(CN2CCOC[C@@H]2C)cnc2c(F)cc(-c3nc(N[C@@H]4CCOC[C@H]4O)ncc3Cl)cc12. The first kappa shape index (κ1) is 26.2. The zero-order chi connectivity index (χ0) is 26.1. The summed E-state index contributed by atoms with van der Waals surface area (Å²) in [6, 6.07) is 3.41. The third-order valence-electron chi connectivity index (χ3n) is 7.16. The van der Waals surface area contributed by atoms with Crippen molar-refractivity contribution < 1.29 is 19.0 Å². The Morgan fingerprint density at radius 2 is 2.00 bits per heavy atom. The number of ether oxygens (including phenoxy) is 2. The number of fused-ring (bicyclic) bond motifs is 1. The van der Waals surface area contributed by atoms with Crippen molar-refractivity contribution in [2.24, 2.45) is 0 Å². The number of aromatic nitrogens is 3. The van der Waals surface area contributed by atoms with Gasteiger partial charge in [0.2, 0.25) is 5.95 Å². The average Bonchev–Trinajstić information content (AvgIpc) is 2.87. The molecule has 8 nitrogen and oxygen atoms in total. The lowest BCUT2D eigenvalue weighted by atomic mass is 9.92. The summed E-state index contributed by atoms with van der Waals surface area (Å²) in [4.78, 5) is 15.8. The Morgan fingerprint density at radius 1 is 1.19 bits per heavy atom. The molecule has 0 aliphatic carbocycles. The number of aliphatic hydroxyl groups is 1. The first-order valence-corrected chi connectivity index (χ1v) is 13.2. The standard InChI is InChI=1S/C27H33ClFN5O3/c1-15(2)24-18(12-34-5-7-37-13-16(34)3)10-30-26-19(24)8-17(9-21(26)29)25-20(28)11-31-27(33-25)32-22-4-6-36-14-23(22)35/h8-11,15-16,22-23,35H,4-7,12-14H2,1-3H3,(H,31,32,33)/t16-,22+,23+/m0/s1. The van der Waals surface area contributed by atoms with Gasteiger partial charge < -0.3 is 19.9 Å². The van der Waals surface area contributed by atoms with Gasteiger partial charge in [-0.1, -0.05) is 25.4 Å². The number of aliphatic hydroxyl groups excluding tert-OH is 1. The lowest BCUT2D eigenvalue weighted by Gasteiger charge is -2.34. The Kier molecular flexibility index (Phi) is 7.88. The van der Waals surface area contributed by atoms with Gasteiger partial charge in [0.05, 0.1) is 48.9 Å². The number of nitrogens with one attached hydrogen (secondary N) is 1. The summed E-state index contributed by atoms with van der Waals surface area (Å²) in [5.74, 6) is 0.0486.